The minimum atomic E-state index is 0.0736. The summed E-state index contributed by atoms with van der Waals surface area (Å²) >= 11 is 0. The van der Waals surface area contributed by atoms with E-state index < -0.39 is 0 Å². The minimum Gasteiger partial charge on any atom is -0.341 e. The largest absolute Gasteiger partial charge is 0.341 e. The van der Waals surface area contributed by atoms with Gasteiger partial charge in [0.1, 0.15) is 0 Å². The number of ketones is 2. The van der Waals surface area contributed by atoms with Crippen molar-refractivity contribution in [1.29, 1.82) is 0 Å². The molecule has 3 nitrogen and oxygen atoms in total. The van der Waals surface area contributed by atoms with Gasteiger partial charge in [-0.1, -0.05) is 12.1 Å². The molecular formula is C19H19NO2. The molecule has 0 amide bonds. The van der Waals surface area contributed by atoms with Gasteiger partial charge in [-0.2, -0.15) is 0 Å². The highest BCUT2D eigenvalue weighted by Crippen LogP contribution is 2.35. The molecule has 0 atom stereocenters. The molecule has 22 heavy (non-hydrogen) atoms. The van der Waals surface area contributed by atoms with Crippen LogP contribution in [0.25, 0.3) is 0 Å². The Balaban J connectivity index is 2.03. The van der Waals surface area contributed by atoms with Crippen molar-refractivity contribution in [3.63, 3.8) is 0 Å². The van der Waals surface area contributed by atoms with Crippen LogP contribution in [0.4, 0.5) is 11.4 Å². The van der Waals surface area contributed by atoms with Gasteiger partial charge < -0.3 is 4.90 Å². The third-order valence-corrected chi connectivity index (χ3v) is 4.22. The summed E-state index contributed by atoms with van der Waals surface area (Å²) in [5.74, 6) is 0.190. The summed E-state index contributed by atoms with van der Waals surface area (Å²) in [5.41, 5.74) is 4.85. The van der Waals surface area contributed by atoms with E-state index >= 15 is 0 Å². The van der Waals surface area contributed by atoms with Crippen molar-refractivity contribution < 1.29 is 9.59 Å². The number of Topliss-reactive ketones (excluding diaryl/α,β-unsaturated/α-hetero) is 2. The Kier molecular flexibility index (Phi) is 3.80. The Hall–Kier alpha value is -2.42. The fourth-order valence-corrected chi connectivity index (χ4v) is 3.10. The summed E-state index contributed by atoms with van der Waals surface area (Å²) in [7, 11) is 0. The zero-order valence-electron chi connectivity index (χ0n) is 12.9. The zero-order chi connectivity index (χ0) is 15.7. The molecule has 2 aromatic rings. The van der Waals surface area contributed by atoms with Crippen LogP contribution < -0.4 is 4.90 Å². The van der Waals surface area contributed by atoms with Gasteiger partial charge in [0.15, 0.2) is 11.6 Å². The maximum atomic E-state index is 11.8. The molecule has 1 aliphatic rings. The molecule has 0 unspecified atom stereocenters. The summed E-state index contributed by atoms with van der Waals surface area (Å²) in [6, 6.07) is 13.6. The van der Waals surface area contributed by atoms with E-state index in [1.54, 1.807) is 13.8 Å². The van der Waals surface area contributed by atoms with Crippen molar-refractivity contribution in [3.05, 3.63) is 59.2 Å². The van der Waals surface area contributed by atoms with E-state index in [4.69, 9.17) is 0 Å². The molecule has 0 radical (unpaired) electrons. The number of fused-ring (bicyclic) bond motifs is 1. The standard InChI is InChI=1S/C19H19NO2/c1-13(21)15-8-10-16(11-9-15)20-12-4-6-18-17(14(2)22)5-3-7-19(18)20/h3,5,7-11H,4,6,12H2,1-2H3. The summed E-state index contributed by atoms with van der Waals surface area (Å²) in [6.45, 7) is 4.12. The van der Waals surface area contributed by atoms with Crippen molar-refractivity contribution in [3.8, 4) is 0 Å². The van der Waals surface area contributed by atoms with Crippen LogP contribution in [-0.2, 0) is 6.42 Å². The number of carbonyl (C=O) groups is 2. The monoisotopic (exact) mass is 293 g/mol. The Bertz CT molecular complexity index is 732. The van der Waals surface area contributed by atoms with Gasteiger partial charge in [-0.25, -0.2) is 0 Å². The van der Waals surface area contributed by atoms with Crippen LogP contribution in [0.1, 0.15) is 46.5 Å². The topological polar surface area (TPSA) is 37.4 Å². The Labute approximate surface area is 130 Å². The molecule has 0 fully saturated rings. The van der Waals surface area contributed by atoms with E-state index in [9.17, 15) is 9.59 Å². The van der Waals surface area contributed by atoms with Crippen LogP contribution in [0.5, 0.6) is 0 Å². The number of hydrogen-bond acceptors (Lipinski definition) is 3. The second kappa shape index (κ2) is 5.76. The quantitative estimate of drug-likeness (QED) is 0.797. The van der Waals surface area contributed by atoms with Crippen LogP contribution in [0.2, 0.25) is 0 Å². The molecule has 0 bridgehead atoms. The van der Waals surface area contributed by atoms with E-state index in [0.29, 0.717) is 0 Å². The first kappa shape index (κ1) is 14.5. The lowest BCUT2D eigenvalue weighted by atomic mass is 9.94. The lowest BCUT2D eigenvalue weighted by Crippen LogP contribution is -2.25. The molecule has 3 heteroatoms. The van der Waals surface area contributed by atoms with Crippen LogP contribution in [0.3, 0.4) is 0 Å². The number of hydrogen-bond donors (Lipinski definition) is 0. The summed E-state index contributed by atoms with van der Waals surface area (Å²) in [6.07, 6.45) is 1.96. The van der Waals surface area contributed by atoms with Crippen LogP contribution >= 0.6 is 0 Å². The maximum Gasteiger partial charge on any atom is 0.160 e. The Morgan fingerprint density at radius 2 is 1.68 bits per heavy atom. The Morgan fingerprint density at radius 1 is 0.955 bits per heavy atom. The van der Waals surface area contributed by atoms with Crippen LogP contribution in [-0.4, -0.2) is 18.1 Å². The summed E-state index contributed by atoms with van der Waals surface area (Å²) in [4.78, 5) is 25.5. The predicted octanol–water partition coefficient (Wildman–Crippen LogP) is 4.18. The van der Waals surface area contributed by atoms with E-state index in [1.807, 2.05) is 36.4 Å². The first-order valence-electron chi connectivity index (χ1n) is 7.59. The molecule has 0 N–H and O–H groups in total. The molecule has 0 aromatic heterocycles. The molecule has 112 valence electrons. The second-order valence-electron chi connectivity index (χ2n) is 5.72. The van der Waals surface area contributed by atoms with Crippen molar-refractivity contribution in [2.24, 2.45) is 0 Å². The first-order chi connectivity index (χ1) is 10.6. The van der Waals surface area contributed by atoms with Gasteiger partial charge >= 0.3 is 0 Å². The van der Waals surface area contributed by atoms with Crippen molar-refractivity contribution in [2.75, 3.05) is 11.4 Å². The zero-order valence-corrected chi connectivity index (χ0v) is 12.9. The number of carbonyl (C=O) groups excluding carboxylic acids is 2. The second-order valence-corrected chi connectivity index (χ2v) is 5.72. The van der Waals surface area contributed by atoms with Crippen molar-refractivity contribution >= 4 is 22.9 Å². The number of anilines is 2. The van der Waals surface area contributed by atoms with Gasteiger partial charge in [-0.05, 0) is 62.6 Å². The average molecular weight is 293 g/mol. The highest BCUT2D eigenvalue weighted by molar-refractivity contribution is 5.98. The molecule has 0 aliphatic carbocycles. The van der Waals surface area contributed by atoms with Crippen molar-refractivity contribution in [1.82, 2.24) is 0 Å². The lowest BCUT2D eigenvalue weighted by molar-refractivity contribution is 0.100. The molecule has 2 aromatic carbocycles. The SMILES string of the molecule is CC(=O)c1ccc(N2CCCc3c(C(C)=O)cccc32)cc1. The maximum absolute atomic E-state index is 11.8. The molecule has 1 heterocycles. The average Bonchev–Trinajstić information content (AvgIpc) is 2.53. The molecule has 3 rings (SSSR count). The highest BCUT2D eigenvalue weighted by Gasteiger charge is 2.21. The van der Waals surface area contributed by atoms with E-state index in [-0.39, 0.29) is 11.6 Å². The fourth-order valence-electron chi connectivity index (χ4n) is 3.10. The van der Waals surface area contributed by atoms with Crippen molar-refractivity contribution in [2.45, 2.75) is 26.7 Å². The smallest absolute Gasteiger partial charge is 0.160 e. The molecule has 0 saturated carbocycles. The lowest BCUT2D eigenvalue weighted by Gasteiger charge is -2.32. The Morgan fingerprint density at radius 3 is 2.32 bits per heavy atom. The van der Waals surface area contributed by atoms with Gasteiger partial charge in [0.2, 0.25) is 0 Å². The minimum absolute atomic E-state index is 0.0736. The summed E-state index contributed by atoms with van der Waals surface area (Å²) in [5, 5.41) is 0. The van der Waals surface area contributed by atoms with Gasteiger partial charge in [0, 0.05) is 29.0 Å². The van der Waals surface area contributed by atoms with E-state index in [0.717, 1.165) is 47.5 Å². The third-order valence-electron chi connectivity index (χ3n) is 4.22. The number of benzene rings is 2. The van der Waals surface area contributed by atoms with Gasteiger partial charge in [-0.15, -0.1) is 0 Å². The van der Waals surface area contributed by atoms with E-state index in [1.165, 1.54) is 0 Å². The first-order valence-corrected chi connectivity index (χ1v) is 7.59. The highest BCUT2D eigenvalue weighted by atomic mass is 16.1. The fraction of sp³-hybridized carbons (Fsp3) is 0.263. The van der Waals surface area contributed by atoms with Gasteiger partial charge in [0.05, 0.1) is 0 Å². The predicted molar refractivity (Wildman–Crippen MR) is 88.2 cm³/mol. The normalized spacial score (nSPS) is 13.6. The van der Waals surface area contributed by atoms with E-state index in [2.05, 4.69) is 11.0 Å². The van der Waals surface area contributed by atoms with Crippen LogP contribution in [0, 0.1) is 0 Å². The molecular weight excluding hydrogens is 274 g/mol. The third kappa shape index (κ3) is 2.54. The molecule has 1 aliphatic heterocycles. The number of rotatable bonds is 3. The molecule has 0 saturated heterocycles. The van der Waals surface area contributed by atoms with Crippen LogP contribution in [0.15, 0.2) is 42.5 Å². The van der Waals surface area contributed by atoms with Gasteiger partial charge in [-0.3, -0.25) is 9.59 Å². The molecule has 0 spiro atoms. The number of nitrogens with zero attached hydrogens (tertiary/aromatic N) is 1. The summed E-state index contributed by atoms with van der Waals surface area (Å²) < 4.78 is 0. The van der Waals surface area contributed by atoms with Gasteiger partial charge in [0.25, 0.3) is 0 Å².